The molecule has 36 heavy (non-hydrogen) atoms. The summed E-state index contributed by atoms with van der Waals surface area (Å²) in [5, 5.41) is 3.90. The van der Waals surface area contributed by atoms with Crippen LogP contribution < -0.4 is 14.8 Å². The van der Waals surface area contributed by atoms with E-state index in [0.29, 0.717) is 67.6 Å². The van der Waals surface area contributed by atoms with Crippen LogP contribution in [0.3, 0.4) is 0 Å². The maximum Gasteiger partial charge on any atom is 0.320 e. The third-order valence-corrected chi connectivity index (χ3v) is 6.60. The molecular formula is C25H27ClFN5O4. The van der Waals surface area contributed by atoms with Gasteiger partial charge in [0, 0.05) is 50.1 Å². The highest BCUT2D eigenvalue weighted by Crippen LogP contribution is 2.31. The summed E-state index contributed by atoms with van der Waals surface area (Å²) in [4.78, 5) is 25.3. The molecule has 190 valence electrons. The number of carbonyl (C=O) groups is 1. The molecule has 2 amide bonds. The maximum atomic E-state index is 13.6. The molecule has 2 saturated heterocycles. The number of anilines is 2. The number of benzene rings is 2. The number of amides is 2. The number of hydrogen-bond acceptors (Lipinski definition) is 7. The summed E-state index contributed by atoms with van der Waals surface area (Å²) in [5.41, 5.74) is 1.24. The molecule has 0 radical (unpaired) electrons. The number of rotatable bonds is 5. The SMILES string of the molecule is COc1nc(Nc2ccc(F)c(Cl)c2)c2cc(OC3CCN(C(=O)N4CCOCC4)CC3)ccc2n1. The van der Waals surface area contributed by atoms with Crippen LogP contribution in [0.25, 0.3) is 10.9 Å². The Bertz CT molecular complexity index is 1250. The minimum Gasteiger partial charge on any atom is -0.490 e. The number of aromatic nitrogens is 2. The molecule has 9 nitrogen and oxygen atoms in total. The van der Waals surface area contributed by atoms with Gasteiger partial charge in [0.25, 0.3) is 0 Å². The van der Waals surface area contributed by atoms with E-state index in [1.807, 2.05) is 28.0 Å². The van der Waals surface area contributed by atoms with E-state index in [1.165, 1.54) is 19.2 Å². The number of nitrogens with zero attached hydrogens (tertiary/aromatic N) is 4. The minimum absolute atomic E-state index is 0.00722. The smallest absolute Gasteiger partial charge is 0.320 e. The fourth-order valence-electron chi connectivity index (χ4n) is 4.37. The molecule has 3 heterocycles. The highest BCUT2D eigenvalue weighted by Gasteiger charge is 2.28. The van der Waals surface area contributed by atoms with Crippen LogP contribution in [0.4, 0.5) is 20.7 Å². The van der Waals surface area contributed by atoms with E-state index in [-0.39, 0.29) is 23.2 Å². The largest absolute Gasteiger partial charge is 0.490 e. The number of piperidine rings is 1. The van der Waals surface area contributed by atoms with Gasteiger partial charge in [0.15, 0.2) is 0 Å². The fourth-order valence-corrected chi connectivity index (χ4v) is 4.55. The summed E-state index contributed by atoms with van der Waals surface area (Å²) < 4.78 is 30.5. The Kier molecular flexibility index (Phi) is 7.24. The van der Waals surface area contributed by atoms with Crippen LogP contribution in [-0.2, 0) is 4.74 Å². The van der Waals surface area contributed by atoms with Crippen molar-refractivity contribution in [1.82, 2.24) is 19.8 Å². The average molecular weight is 516 g/mol. The van der Waals surface area contributed by atoms with E-state index in [9.17, 15) is 9.18 Å². The van der Waals surface area contributed by atoms with E-state index >= 15 is 0 Å². The van der Waals surface area contributed by atoms with Gasteiger partial charge in [-0.25, -0.2) is 9.18 Å². The number of urea groups is 1. The van der Waals surface area contributed by atoms with Crippen molar-refractivity contribution in [2.45, 2.75) is 18.9 Å². The second kappa shape index (κ2) is 10.7. The van der Waals surface area contributed by atoms with Gasteiger partial charge in [0.05, 0.1) is 30.9 Å². The molecule has 0 bridgehead atoms. The van der Waals surface area contributed by atoms with Crippen molar-refractivity contribution in [3.8, 4) is 11.8 Å². The molecule has 0 unspecified atom stereocenters. The number of likely N-dealkylation sites (tertiary alicyclic amines) is 1. The van der Waals surface area contributed by atoms with Crippen molar-refractivity contribution in [3.05, 3.63) is 47.2 Å². The first kappa shape index (κ1) is 24.3. The van der Waals surface area contributed by atoms with E-state index in [2.05, 4.69) is 15.3 Å². The van der Waals surface area contributed by atoms with Gasteiger partial charge in [0.2, 0.25) is 0 Å². The molecule has 11 heteroatoms. The van der Waals surface area contributed by atoms with Gasteiger partial charge in [-0.15, -0.1) is 0 Å². The number of morpholine rings is 1. The molecule has 0 spiro atoms. The summed E-state index contributed by atoms with van der Waals surface area (Å²) in [6, 6.07) is 10.2. The second-order valence-corrected chi connectivity index (χ2v) is 9.09. The highest BCUT2D eigenvalue weighted by atomic mass is 35.5. The minimum atomic E-state index is -0.499. The topological polar surface area (TPSA) is 89.0 Å². The van der Waals surface area contributed by atoms with Crippen LogP contribution in [-0.4, -0.2) is 78.4 Å². The lowest BCUT2D eigenvalue weighted by Crippen LogP contribution is -2.51. The normalized spacial score (nSPS) is 16.8. The lowest BCUT2D eigenvalue weighted by Gasteiger charge is -2.37. The molecule has 3 aromatic rings. The lowest BCUT2D eigenvalue weighted by molar-refractivity contribution is 0.0360. The molecule has 0 atom stereocenters. The summed E-state index contributed by atoms with van der Waals surface area (Å²) >= 11 is 5.94. The standard InChI is InChI=1S/C25H27ClFN5O4/c1-34-24-29-22-5-3-18(15-19(22)23(30-24)28-16-2-4-21(27)20(26)14-16)36-17-6-8-31(9-7-17)25(33)32-10-12-35-13-11-32/h2-5,14-15,17H,6-13H2,1H3,(H,28,29,30). The number of carbonyl (C=O) groups excluding carboxylic acids is 1. The van der Waals surface area contributed by atoms with Gasteiger partial charge in [-0.1, -0.05) is 11.6 Å². The zero-order valence-corrected chi connectivity index (χ0v) is 20.6. The summed E-state index contributed by atoms with van der Waals surface area (Å²) in [5.74, 6) is 0.658. The van der Waals surface area contributed by atoms with Gasteiger partial charge in [-0.2, -0.15) is 9.97 Å². The highest BCUT2D eigenvalue weighted by molar-refractivity contribution is 6.31. The summed E-state index contributed by atoms with van der Waals surface area (Å²) in [6.07, 6.45) is 1.47. The molecule has 2 aliphatic rings. The molecule has 0 aliphatic carbocycles. The summed E-state index contributed by atoms with van der Waals surface area (Å²) in [7, 11) is 1.49. The van der Waals surface area contributed by atoms with Crippen molar-refractivity contribution in [1.29, 1.82) is 0 Å². The van der Waals surface area contributed by atoms with Crippen LogP contribution >= 0.6 is 11.6 Å². The second-order valence-electron chi connectivity index (χ2n) is 8.68. The van der Waals surface area contributed by atoms with Crippen LogP contribution in [0.2, 0.25) is 5.02 Å². The quantitative estimate of drug-likeness (QED) is 0.536. The van der Waals surface area contributed by atoms with Gasteiger partial charge in [-0.05, 0) is 36.4 Å². The fraction of sp³-hybridized carbons (Fsp3) is 0.400. The number of ether oxygens (including phenoxy) is 3. The van der Waals surface area contributed by atoms with Crippen molar-refractivity contribution < 1.29 is 23.4 Å². The van der Waals surface area contributed by atoms with Gasteiger partial charge in [0.1, 0.15) is 23.5 Å². The van der Waals surface area contributed by atoms with Crippen LogP contribution in [0.1, 0.15) is 12.8 Å². The van der Waals surface area contributed by atoms with E-state index in [0.717, 1.165) is 12.8 Å². The first-order valence-corrected chi connectivity index (χ1v) is 12.2. The van der Waals surface area contributed by atoms with E-state index < -0.39 is 5.82 Å². The molecule has 0 saturated carbocycles. The lowest BCUT2D eigenvalue weighted by atomic mass is 10.1. The molecule has 1 aromatic heterocycles. The molecule has 1 N–H and O–H groups in total. The Morgan fingerprint density at radius 1 is 1.08 bits per heavy atom. The Morgan fingerprint density at radius 2 is 1.83 bits per heavy atom. The van der Waals surface area contributed by atoms with Crippen LogP contribution in [0.5, 0.6) is 11.8 Å². The summed E-state index contributed by atoms with van der Waals surface area (Å²) in [6.45, 7) is 3.75. The Balaban J connectivity index is 1.30. The molecular weight excluding hydrogens is 489 g/mol. The van der Waals surface area contributed by atoms with Crippen molar-refractivity contribution >= 4 is 40.0 Å². The first-order chi connectivity index (χ1) is 17.5. The van der Waals surface area contributed by atoms with Gasteiger partial charge in [-0.3, -0.25) is 0 Å². The maximum absolute atomic E-state index is 13.6. The monoisotopic (exact) mass is 515 g/mol. The predicted molar refractivity (Wildman–Crippen MR) is 134 cm³/mol. The Labute approximate surface area is 213 Å². The molecule has 5 rings (SSSR count). The third kappa shape index (κ3) is 5.39. The van der Waals surface area contributed by atoms with Gasteiger partial charge < -0.3 is 29.3 Å². The number of hydrogen-bond donors (Lipinski definition) is 1. The molecule has 2 fully saturated rings. The zero-order valence-electron chi connectivity index (χ0n) is 19.9. The van der Waals surface area contributed by atoms with Crippen molar-refractivity contribution in [2.24, 2.45) is 0 Å². The van der Waals surface area contributed by atoms with E-state index in [1.54, 1.807) is 6.07 Å². The Hall–Kier alpha value is -3.37. The third-order valence-electron chi connectivity index (χ3n) is 6.31. The number of halogens is 2. The van der Waals surface area contributed by atoms with Crippen LogP contribution in [0.15, 0.2) is 36.4 Å². The van der Waals surface area contributed by atoms with Crippen molar-refractivity contribution in [2.75, 3.05) is 51.8 Å². The number of nitrogens with one attached hydrogen (secondary N) is 1. The Morgan fingerprint density at radius 3 is 2.56 bits per heavy atom. The first-order valence-electron chi connectivity index (χ1n) is 11.9. The number of methoxy groups -OCH3 is 1. The molecule has 2 aliphatic heterocycles. The average Bonchev–Trinajstić information content (AvgIpc) is 2.91. The van der Waals surface area contributed by atoms with Crippen LogP contribution in [0, 0.1) is 5.82 Å². The zero-order chi connectivity index (χ0) is 25.1. The number of fused-ring (bicyclic) bond motifs is 1. The predicted octanol–water partition coefficient (Wildman–Crippen LogP) is 4.47. The molecule has 2 aromatic carbocycles. The van der Waals surface area contributed by atoms with Gasteiger partial charge >= 0.3 is 12.0 Å². The van der Waals surface area contributed by atoms with E-state index in [4.69, 9.17) is 25.8 Å². The van der Waals surface area contributed by atoms with Crippen molar-refractivity contribution in [3.63, 3.8) is 0 Å².